The largest absolute Gasteiger partial charge is 0.497 e. The summed E-state index contributed by atoms with van der Waals surface area (Å²) in [4.78, 5) is 26.8. The smallest absolute Gasteiger partial charge is 0.253 e. The van der Waals surface area contributed by atoms with E-state index in [1.54, 1.807) is 33.5 Å². The second kappa shape index (κ2) is 14.9. The summed E-state index contributed by atoms with van der Waals surface area (Å²) >= 11 is 1.25. The zero-order chi connectivity index (χ0) is 33.5. The van der Waals surface area contributed by atoms with Gasteiger partial charge in [0.05, 0.1) is 45.4 Å². The van der Waals surface area contributed by atoms with Gasteiger partial charge in [0.2, 0.25) is 0 Å². The van der Waals surface area contributed by atoms with Crippen molar-refractivity contribution in [1.29, 1.82) is 0 Å². The number of nitrogens with one attached hydrogen (secondary N) is 1. The van der Waals surface area contributed by atoms with Crippen LogP contribution in [0.25, 0.3) is 5.69 Å². The van der Waals surface area contributed by atoms with Crippen LogP contribution in [0.15, 0.2) is 113 Å². The summed E-state index contributed by atoms with van der Waals surface area (Å²) in [6.07, 6.45) is 0.470. The second-order valence-electron chi connectivity index (χ2n) is 10.7. The standard InChI is InChI=1S/C36H34N6O5S/c1-45-27-19-17-24(18-20-27)29-21-30(28-15-10-16-31(46-2)34(28)47-3)42(40-29)33(43)23-48-36-39-38-32(41(36)26-13-8-5-9-14-26)22-37-35(44)25-11-6-4-7-12-25/h4-20,30H,21-23H2,1-3H3,(H,37,44). The summed E-state index contributed by atoms with van der Waals surface area (Å²) in [7, 11) is 4.78. The van der Waals surface area contributed by atoms with Crippen molar-refractivity contribution in [3.63, 3.8) is 0 Å². The lowest BCUT2D eigenvalue weighted by atomic mass is 9.97. The van der Waals surface area contributed by atoms with Crippen molar-refractivity contribution in [3.8, 4) is 22.9 Å². The molecule has 5 aromatic rings. The van der Waals surface area contributed by atoms with Crippen LogP contribution in [0.5, 0.6) is 17.2 Å². The zero-order valence-corrected chi connectivity index (χ0v) is 27.5. The van der Waals surface area contributed by atoms with E-state index >= 15 is 0 Å². The van der Waals surface area contributed by atoms with E-state index in [4.69, 9.17) is 19.3 Å². The molecule has 1 unspecified atom stereocenters. The molecule has 0 radical (unpaired) electrons. The maximum Gasteiger partial charge on any atom is 0.253 e. The van der Waals surface area contributed by atoms with Gasteiger partial charge < -0.3 is 19.5 Å². The molecule has 0 aliphatic carbocycles. The molecule has 0 spiro atoms. The Morgan fingerprint density at radius 3 is 2.25 bits per heavy atom. The number of benzene rings is 4. The van der Waals surface area contributed by atoms with E-state index in [0.717, 1.165) is 28.3 Å². The van der Waals surface area contributed by atoms with Crippen LogP contribution in [0.3, 0.4) is 0 Å². The van der Waals surface area contributed by atoms with E-state index in [0.29, 0.717) is 34.5 Å². The number of aromatic nitrogens is 3. The Morgan fingerprint density at radius 2 is 1.56 bits per heavy atom. The molecule has 0 fully saturated rings. The van der Waals surface area contributed by atoms with Crippen LogP contribution in [0.1, 0.15) is 39.8 Å². The highest BCUT2D eigenvalue weighted by Gasteiger charge is 2.36. The molecule has 6 rings (SSSR count). The number of hydrogen-bond donors (Lipinski definition) is 1. The van der Waals surface area contributed by atoms with Gasteiger partial charge >= 0.3 is 0 Å². The molecule has 2 amide bonds. The van der Waals surface area contributed by atoms with Crippen LogP contribution in [0.4, 0.5) is 0 Å². The fourth-order valence-corrected chi connectivity index (χ4v) is 6.33. The SMILES string of the molecule is COc1ccc(C2=NN(C(=O)CSc3nnc(CNC(=O)c4ccccc4)n3-c3ccccc3)C(c3cccc(OC)c3OC)C2)cc1. The molecule has 0 bridgehead atoms. The molecule has 2 heterocycles. The number of hydrogen-bond acceptors (Lipinski definition) is 9. The molecule has 48 heavy (non-hydrogen) atoms. The number of rotatable bonds is 12. The van der Waals surface area contributed by atoms with Crippen molar-refractivity contribution in [1.82, 2.24) is 25.1 Å². The van der Waals surface area contributed by atoms with Crippen LogP contribution in [-0.4, -0.2) is 64.4 Å². The number of ether oxygens (including phenoxy) is 3. The maximum atomic E-state index is 14.1. The van der Waals surface area contributed by atoms with E-state index in [9.17, 15) is 9.59 Å². The van der Waals surface area contributed by atoms with Crippen LogP contribution >= 0.6 is 11.8 Å². The number of amides is 2. The molecule has 1 aromatic heterocycles. The minimum atomic E-state index is -0.434. The van der Waals surface area contributed by atoms with Crippen molar-refractivity contribution in [2.24, 2.45) is 5.10 Å². The zero-order valence-electron chi connectivity index (χ0n) is 26.7. The monoisotopic (exact) mass is 662 g/mol. The Hall–Kier alpha value is -5.62. The molecule has 4 aromatic carbocycles. The Balaban J connectivity index is 1.27. The lowest BCUT2D eigenvalue weighted by molar-refractivity contribution is -0.130. The highest BCUT2D eigenvalue weighted by Crippen LogP contribution is 2.42. The Kier molecular flexibility index (Phi) is 10.0. The van der Waals surface area contributed by atoms with Gasteiger partial charge in [-0.1, -0.05) is 60.3 Å². The van der Waals surface area contributed by atoms with Gasteiger partial charge in [0.15, 0.2) is 22.5 Å². The number of carbonyl (C=O) groups excluding carboxylic acids is 2. The predicted octanol–water partition coefficient (Wildman–Crippen LogP) is 5.69. The highest BCUT2D eigenvalue weighted by atomic mass is 32.2. The normalized spacial score (nSPS) is 13.9. The molecule has 12 heteroatoms. The van der Waals surface area contributed by atoms with Gasteiger partial charge in [-0.2, -0.15) is 5.10 Å². The van der Waals surface area contributed by atoms with Crippen molar-refractivity contribution in [2.45, 2.75) is 24.2 Å². The average molecular weight is 663 g/mol. The Labute approximate surface area is 282 Å². The molecule has 11 nitrogen and oxygen atoms in total. The first kappa shape index (κ1) is 32.3. The van der Waals surface area contributed by atoms with Crippen molar-refractivity contribution >= 4 is 29.3 Å². The molecule has 1 atom stereocenters. The van der Waals surface area contributed by atoms with Gasteiger partial charge in [-0.25, -0.2) is 5.01 Å². The fraction of sp³-hybridized carbons (Fsp3) is 0.194. The van der Waals surface area contributed by atoms with Crippen LogP contribution in [0.2, 0.25) is 0 Å². The highest BCUT2D eigenvalue weighted by molar-refractivity contribution is 7.99. The van der Waals surface area contributed by atoms with Crippen molar-refractivity contribution in [2.75, 3.05) is 27.1 Å². The minimum absolute atomic E-state index is 0.0313. The van der Waals surface area contributed by atoms with Gasteiger partial charge in [0, 0.05) is 23.2 Å². The van der Waals surface area contributed by atoms with Gasteiger partial charge in [0.25, 0.3) is 11.8 Å². The van der Waals surface area contributed by atoms with Crippen molar-refractivity contribution in [3.05, 3.63) is 126 Å². The maximum absolute atomic E-state index is 14.1. The summed E-state index contributed by atoms with van der Waals surface area (Å²) in [5.74, 6) is 1.96. The van der Waals surface area contributed by atoms with E-state index < -0.39 is 6.04 Å². The second-order valence-corrected chi connectivity index (χ2v) is 11.7. The van der Waals surface area contributed by atoms with Crippen molar-refractivity contribution < 1.29 is 23.8 Å². The molecule has 1 aliphatic rings. The summed E-state index contributed by atoms with van der Waals surface area (Å²) in [5.41, 5.74) is 3.78. The summed E-state index contributed by atoms with van der Waals surface area (Å²) in [6, 6.07) is 31.4. The number of thioether (sulfide) groups is 1. The summed E-state index contributed by atoms with van der Waals surface area (Å²) in [5, 5.41) is 18.6. The molecule has 0 saturated heterocycles. The lowest BCUT2D eigenvalue weighted by Crippen LogP contribution is -2.29. The Bertz CT molecular complexity index is 1910. The van der Waals surface area contributed by atoms with Crippen LogP contribution in [0, 0.1) is 0 Å². The number of nitrogens with zero attached hydrogens (tertiary/aromatic N) is 5. The Morgan fingerprint density at radius 1 is 0.833 bits per heavy atom. The first-order chi connectivity index (χ1) is 23.5. The van der Waals surface area contributed by atoms with Gasteiger partial charge in [0.1, 0.15) is 5.75 Å². The topological polar surface area (TPSA) is 120 Å². The summed E-state index contributed by atoms with van der Waals surface area (Å²) < 4.78 is 18.5. The summed E-state index contributed by atoms with van der Waals surface area (Å²) in [6.45, 7) is 0.142. The van der Waals surface area contributed by atoms with E-state index in [2.05, 4.69) is 15.5 Å². The third kappa shape index (κ3) is 6.88. The third-order valence-corrected chi connectivity index (χ3v) is 8.78. The number of carbonyl (C=O) groups is 2. The molecule has 1 N–H and O–H groups in total. The minimum Gasteiger partial charge on any atom is -0.497 e. The average Bonchev–Trinajstić information content (AvgIpc) is 3.78. The molecule has 1 aliphatic heterocycles. The van der Waals surface area contributed by atoms with Crippen LogP contribution in [-0.2, 0) is 11.3 Å². The van der Waals surface area contributed by atoms with Crippen LogP contribution < -0.4 is 19.5 Å². The van der Waals surface area contributed by atoms with E-state index in [1.807, 2.05) is 95.6 Å². The lowest BCUT2D eigenvalue weighted by Gasteiger charge is -2.24. The third-order valence-electron chi connectivity index (χ3n) is 7.86. The molecule has 244 valence electrons. The quantitative estimate of drug-likeness (QED) is 0.169. The first-order valence-electron chi connectivity index (χ1n) is 15.2. The molecule has 0 saturated carbocycles. The number of hydrazone groups is 1. The van der Waals surface area contributed by atoms with Gasteiger partial charge in [-0.05, 0) is 60.2 Å². The number of methoxy groups -OCH3 is 3. The van der Waals surface area contributed by atoms with E-state index in [1.165, 1.54) is 16.8 Å². The first-order valence-corrected chi connectivity index (χ1v) is 16.2. The molecular formula is C36H34N6O5S. The predicted molar refractivity (Wildman–Crippen MR) is 183 cm³/mol. The fourth-order valence-electron chi connectivity index (χ4n) is 5.50. The molecular weight excluding hydrogens is 629 g/mol. The van der Waals surface area contributed by atoms with Gasteiger partial charge in [-0.3, -0.25) is 14.2 Å². The van der Waals surface area contributed by atoms with E-state index in [-0.39, 0.29) is 24.1 Å². The van der Waals surface area contributed by atoms with Gasteiger partial charge in [-0.15, -0.1) is 10.2 Å². The number of para-hydroxylation sites is 2.